The lowest BCUT2D eigenvalue weighted by molar-refractivity contribution is -0.786. The molecule has 10 heteroatoms. The zero-order valence-corrected chi connectivity index (χ0v) is 23.7. The van der Waals surface area contributed by atoms with Gasteiger partial charge < -0.3 is 19.9 Å². The standard InChI is InChI=1S/C28H43N3O7/c1-18(2)16-22(30-27(36)38-28(4,5)6)24(33)31(15-11-12-19(31)3)26(35)29-21(23(32)25(34)37-7)17-20-13-9-8-10-14-20/h8-10,13-14,18-19,21-23,32H,11-12,15-17H2,1-7H3,(H-,29,30,35,36)/p+1/t19-,21+,22+,23-,31?/m1/s1. The topological polar surface area (TPSA) is 131 Å². The van der Waals surface area contributed by atoms with Crippen molar-refractivity contribution < 1.29 is 38.2 Å². The van der Waals surface area contributed by atoms with E-state index >= 15 is 0 Å². The van der Waals surface area contributed by atoms with Crippen LogP contribution in [0.3, 0.4) is 0 Å². The summed E-state index contributed by atoms with van der Waals surface area (Å²) in [5, 5.41) is 16.2. The van der Waals surface area contributed by atoms with Crippen molar-refractivity contribution in [2.75, 3.05) is 13.7 Å². The highest BCUT2D eigenvalue weighted by Gasteiger charge is 2.56. The van der Waals surface area contributed by atoms with Gasteiger partial charge >= 0.3 is 24.0 Å². The number of esters is 1. The maximum Gasteiger partial charge on any atom is 0.424 e. The van der Waals surface area contributed by atoms with E-state index in [0.717, 1.165) is 12.7 Å². The van der Waals surface area contributed by atoms with Gasteiger partial charge in [-0.15, -0.1) is 0 Å². The van der Waals surface area contributed by atoms with Crippen molar-refractivity contribution in [3.63, 3.8) is 0 Å². The summed E-state index contributed by atoms with van der Waals surface area (Å²) in [6.07, 6.45) is -0.645. The van der Waals surface area contributed by atoms with Crippen LogP contribution in [-0.4, -0.2) is 77.1 Å². The minimum Gasteiger partial charge on any atom is -0.467 e. The summed E-state index contributed by atoms with van der Waals surface area (Å²) in [5.74, 6) is -1.28. The largest absolute Gasteiger partial charge is 0.467 e. The molecular weight excluding hydrogens is 490 g/mol. The van der Waals surface area contributed by atoms with Crippen molar-refractivity contribution in [2.45, 2.75) is 97.1 Å². The number of imide groups is 1. The molecule has 1 unspecified atom stereocenters. The van der Waals surface area contributed by atoms with Crippen LogP contribution in [0.1, 0.15) is 66.4 Å². The third-order valence-corrected chi connectivity index (χ3v) is 6.77. The lowest BCUT2D eigenvalue weighted by atomic mass is 10.00. The SMILES string of the molecule is COC(=O)[C@H](O)[C@H](Cc1ccccc1)NC(=O)[N+]1(C(=O)[C@H](CC(C)C)NC(=O)OC(C)(C)C)CCC[C@H]1C. The number of likely N-dealkylation sites (tertiary alicyclic amines) is 1. The second kappa shape index (κ2) is 13.2. The van der Waals surface area contributed by atoms with E-state index in [9.17, 15) is 24.3 Å². The Morgan fingerprint density at radius 3 is 2.24 bits per heavy atom. The van der Waals surface area contributed by atoms with Crippen LogP contribution in [0.25, 0.3) is 0 Å². The van der Waals surface area contributed by atoms with Gasteiger partial charge in [-0.2, -0.15) is 4.48 Å². The average Bonchev–Trinajstić information content (AvgIpc) is 3.23. The van der Waals surface area contributed by atoms with Crippen LogP contribution in [0.15, 0.2) is 30.3 Å². The smallest absolute Gasteiger partial charge is 0.424 e. The van der Waals surface area contributed by atoms with E-state index in [2.05, 4.69) is 10.6 Å². The third kappa shape index (κ3) is 8.01. The highest BCUT2D eigenvalue weighted by atomic mass is 16.6. The van der Waals surface area contributed by atoms with Gasteiger partial charge in [-0.1, -0.05) is 44.2 Å². The number of rotatable bonds is 9. The molecule has 5 atom stereocenters. The Hall–Kier alpha value is -2.98. The average molecular weight is 535 g/mol. The zero-order valence-electron chi connectivity index (χ0n) is 23.7. The van der Waals surface area contributed by atoms with Crippen molar-refractivity contribution in [3.05, 3.63) is 35.9 Å². The molecule has 38 heavy (non-hydrogen) atoms. The summed E-state index contributed by atoms with van der Waals surface area (Å²) < 4.78 is 9.56. The van der Waals surface area contributed by atoms with E-state index in [1.807, 2.05) is 51.1 Å². The number of carbonyl (C=O) groups is 4. The minimum absolute atomic E-state index is 0.0480. The van der Waals surface area contributed by atoms with Gasteiger partial charge in [0, 0.05) is 12.8 Å². The summed E-state index contributed by atoms with van der Waals surface area (Å²) in [5.41, 5.74) is 0.0340. The molecule has 0 aliphatic carbocycles. The molecule has 1 aromatic rings. The molecule has 1 heterocycles. The number of nitrogens with one attached hydrogen (secondary N) is 2. The van der Waals surface area contributed by atoms with Gasteiger partial charge in [0.2, 0.25) is 0 Å². The molecule has 0 aromatic heterocycles. The lowest BCUT2D eigenvalue weighted by Gasteiger charge is -2.37. The molecule has 0 spiro atoms. The second-order valence-electron chi connectivity index (χ2n) is 11.5. The number of benzene rings is 1. The molecule has 0 saturated carbocycles. The summed E-state index contributed by atoms with van der Waals surface area (Å²) >= 11 is 0. The first-order valence-electron chi connectivity index (χ1n) is 13.2. The third-order valence-electron chi connectivity index (χ3n) is 6.77. The number of hydrogen-bond acceptors (Lipinski definition) is 7. The van der Waals surface area contributed by atoms with E-state index in [0.29, 0.717) is 19.3 Å². The van der Waals surface area contributed by atoms with Crippen molar-refractivity contribution in [3.8, 4) is 0 Å². The Morgan fingerprint density at radius 2 is 1.74 bits per heavy atom. The number of methoxy groups -OCH3 is 1. The summed E-state index contributed by atoms with van der Waals surface area (Å²) in [7, 11) is 1.16. The van der Waals surface area contributed by atoms with Crippen LogP contribution in [0.2, 0.25) is 0 Å². The molecule has 1 aromatic carbocycles. The van der Waals surface area contributed by atoms with Gasteiger partial charge in [0.1, 0.15) is 17.7 Å². The number of hydrogen-bond donors (Lipinski definition) is 3. The Labute approximate surface area is 225 Å². The minimum atomic E-state index is -1.64. The number of carbonyl (C=O) groups excluding carboxylic acids is 4. The van der Waals surface area contributed by atoms with Crippen LogP contribution in [-0.2, 0) is 25.5 Å². The van der Waals surface area contributed by atoms with Crippen LogP contribution in [0.5, 0.6) is 0 Å². The maximum atomic E-state index is 14.1. The molecule has 4 amide bonds. The monoisotopic (exact) mass is 534 g/mol. The molecule has 1 saturated heterocycles. The van der Waals surface area contributed by atoms with E-state index in [4.69, 9.17) is 9.47 Å². The number of quaternary nitrogens is 1. The molecular formula is C28H44N3O7+. The van der Waals surface area contributed by atoms with Gasteiger partial charge in [0.25, 0.3) is 0 Å². The zero-order chi connectivity index (χ0) is 28.7. The van der Waals surface area contributed by atoms with Crippen LogP contribution in [0, 0.1) is 5.92 Å². The van der Waals surface area contributed by atoms with Gasteiger partial charge in [-0.3, -0.25) is 5.32 Å². The highest BCUT2D eigenvalue weighted by Crippen LogP contribution is 2.30. The van der Waals surface area contributed by atoms with Crippen LogP contribution >= 0.6 is 0 Å². The fourth-order valence-corrected chi connectivity index (χ4v) is 4.90. The first-order chi connectivity index (χ1) is 17.7. The first kappa shape index (κ1) is 31.2. The van der Waals surface area contributed by atoms with E-state index < -0.39 is 52.3 Å². The molecule has 3 N–H and O–H groups in total. The van der Waals surface area contributed by atoms with Gasteiger partial charge in [-0.05, 0) is 52.0 Å². The quantitative estimate of drug-likeness (QED) is 0.327. The number of amides is 4. The van der Waals surface area contributed by atoms with E-state index in [1.165, 1.54) is 0 Å². The molecule has 1 aliphatic heterocycles. The van der Waals surface area contributed by atoms with Gasteiger partial charge in [-0.25, -0.2) is 19.2 Å². The van der Waals surface area contributed by atoms with Gasteiger partial charge in [0.15, 0.2) is 6.10 Å². The van der Waals surface area contributed by atoms with Crippen LogP contribution in [0.4, 0.5) is 9.59 Å². The normalized spacial score (nSPS) is 21.8. The van der Waals surface area contributed by atoms with Gasteiger partial charge in [0.05, 0.1) is 19.7 Å². The predicted molar refractivity (Wildman–Crippen MR) is 142 cm³/mol. The molecule has 1 fully saturated rings. The second-order valence-corrected chi connectivity index (χ2v) is 11.5. The number of alkyl carbamates (subject to hydrolysis) is 1. The number of urea groups is 1. The summed E-state index contributed by atoms with van der Waals surface area (Å²) in [6, 6.07) is 6.13. The van der Waals surface area contributed by atoms with Crippen LogP contribution < -0.4 is 10.6 Å². The Bertz CT molecular complexity index is 976. The Kier molecular flexibility index (Phi) is 10.8. The Morgan fingerprint density at radius 1 is 1.11 bits per heavy atom. The summed E-state index contributed by atoms with van der Waals surface area (Å²) in [4.78, 5) is 53.0. The molecule has 212 valence electrons. The Balaban J connectivity index is 2.40. The van der Waals surface area contributed by atoms with E-state index in [-0.39, 0.29) is 24.9 Å². The predicted octanol–water partition coefficient (Wildman–Crippen LogP) is 3.31. The number of nitrogens with zero attached hydrogens (tertiary/aromatic N) is 1. The lowest BCUT2D eigenvalue weighted by Crippen LogP contribution is -2.69. The maximum absolute atomic E-state index is 14.1. The number of aliphatic hydroxyl groups excluding tert-OH is 1. The molecule has 0 radical (unpaired) electrons. The van der Waals surface area contributed by atoms with Crippen molar-refractivity contribution in [2.24, 2.45) is 5.92 Å². The first-order valence-corrected chi connectivity index (χ1v) is 13.2. The van der Waals surface area contributed by atoms with Crippen molar-refractivity contribution in [1.29, 1.82) is 0 Å². The van der Waals surface area contributed by atoms with Crippen molar-refractivity contribution >= 4 is 24.0 Å². The highest BCUT2D eigenvalue weighted by molar-refractivity contribution is 5.90. The molecule has 0 bridgehead atoms. The van der Waals surface area contributed by atoms with E-state index in [1.54, 1.807) is 20.8 Å². The fraction of sp³-hybridized carbons (Fsp3) is 0.643. The van der Waals surface area contributed by atoms with Crippen molar-refractivity contribution in [1.82, 2.24) is 10.6 Å². The molecule has 10 nitrogen and oxygen atoms in total. The number of aliphatic hydroxyl groups is 1. The number of ether oxygens (including phenoxy) is 2. The summed E-state index contributed by atoms with van der Waals surface area (Å²) in [6.45, 7) is 11.1. The fourth-order valence-electron chi connectivity index (χ4n) is 4.90. The molecule has 1 aliphatic rings. The molecule has 2 rings (SSSR count).